The molecule has 0 aromatic heterocycles. The van der Waals surface area contributed by atoms with E-state index in [0.717, 1.165) is 6.42 Å². The van der Waals surface area contributed by atoms with E-state index in [2.05, 4.69) is 31.6 Å². The standard InChI is InChI=1S/C25H46N10O9/c26-5-1-3-11(27)7-15(37)30-6-2-4-12(28)8-16(38)32-19-21(40)20(39)14(10-43-24(29)42)44-23(19)35-25-33-17-13(36)9-31-22(41)18(17)34-25/h11-14,17-21,23,36,39-40H,1-10,26-28H2,(H2,29,42)(H,30,37)(H,31,41)(H,32,38)(H2,33,34,35)/t11-,12-,13+,14?,17+,18-,19?,20?,21?,23?/m0/s1. The molecule has 10 atom stereocenters. The third-order valence-electron chi connectivity index (χ3n) is 7.57. The second-order valence-corrected chi connectivity index (χ2v) is 11.2. The molecule has 0 spiro atoms. The van der Waals surface area contributed by atoms with Gasteiger partial charge < -0.3 is 74.3 Å². The summed E-state index contributed by atoms with van der Waals surface area (Å²) in [5, 5.41) is 45.5. The Labute approximate surface area is 254 Å². The minimum absolute atomic E-state index is 0.0296. The number of rotatable bonds is 15. The lowest BCUT2D eigenvalue weighted by Gasteiger charge is -2.43. The molecule has 19 heteroatoms. The number of nitrogens with one attached hydrogen (secondary N) is 5. The molecule has 3 rings (SSSR count). The highest BCUT2D eigenvalue weighted by Crippen LogP contribution is 2.22. The summed E-state index contributed by atoms with van der Waals surface area (Å²) >= 11 is 0. The van der Waals surface area contributed by atoms with Crippen molar-refractivity contribution >= 4 is 29.8 Å². The van der Waals surface area contributed by atoms with Crippen molar-refractivity contribution in [2.24, 2.45) is 27.9 Å². The van der Waals surface area contributed by atoms with Crippen LogP contribution in [0.25, 0.3) is 0 Å². The zero-order chi connectivity index (χ0) is 32.4. The second kappa shape index (κ2) is 16.7. The maximum Gasteiger partial charge on any atom is 0.404 e. The van der Waals surface area contributed by atoms with E-state index in [4.69, 9.17) is 32.4 Å². The normalized spacial score (nSPS) is 31.0. The molecule has 0 aromatic rings. The van der Waals surface area contributed by atoms with Crippen molar-refractivity contribution < 1.29 is 44.0 Å². The number of amides is 4. The topological polar surface area (TPSA) is 324 Å². The summed E-state index contributed by atoms with van der Waals surface area (Å²) in [5.41, 5.74) is 22.5. The number of nitrogens with two attached hydrogens (primary N) is 4. The molecule has 3 heterocycles. The number of nitrogens with zero attached hydrogens (tertiary/aromatic N) is 1. The van der Waals surface area contributed by atoms with Crippen LogP contribution < -0.4 is 49.5 Å². The van der Waals surface area contributed by atoms with Crippen LogP contribution in [0, 0.1) is 0 Å². The minimum Gasteiger partial charge on any atom is -0.447 e. The molecule has 0 saturated carbocycles. The number of aliphatic imine (C=N–C) groups is 1. The molecule has 2 fully saturated rings. The molecule has 250 valence electrons. The molecule has 0 radical (unpaired) electrons. The predicted octanol–water partition coefficient (Wildman–Crippen LogP) is -6.14. The van der Waals surface area contributed by atoms with Gasteiger partial charge >= 0.3 is 6.09 Å². The lowest BCUT2D eigenvalue weighted by molar-refractivity contribution is -0.198. The number of hydrogen-bond donors (Lipinski definition) is 12. The van der Waals surface area contributed by atoms with Crippen LogP contribution in [0.1, 0.15) is 38.5 Å². The van der Waals surface area contributed by atoms with Crippen molar-refractivity contribution in [1.82, 2.24) is 26.6 Å². The quantitative estimate of drug-likeness (QED) is 0.0749. The number of primary amides is 1. The highest BCUT2D eigenvalue weighted by Gasteiger charge is 2.48. The smallest absolute Gasteiger partial charge is 0.404 e. The Kier molecular flexibility index (Phi) is 13.3. The Bertz CT molecular complexity index is 1040. The first-order chi connectivity index (χ1) is 20.9. The molecule has 4 amide bonds. The molecule has 2 saturated heterocycles. The van der Waals surface area contributed by atoms with Gasteiger partial charge in [-0.05, 0) is 32.2 Å². The monoisotopic (exact) mass is 630 g/mol. The van der Waals surface area contributed by atoms with Crippen LogP contribution in [0.4, 0.5) is 4.79 Å². The number of ether oxygens (including phenoxy) is 2. The van der Waals surface area contributed by atoms with E-state index in [1.807, 2.05) is 0 Å². The Hall–Kier alpha value is -3.33. The molecular weight excluding hydrogens is 584 g/mol. The van der Waals surface area contributed by atoms with Gasteiger partial charge in [0.25, 0.3) is 0 Å². The molecule has 16 N–H and O–H groups in total. The number of guanidine groups is 1. The molecule has 0 aromatic carbocycles. The first-order valence-corrected chi connectivity index (χ1v) is 14.7. The number of hydrogen-bond acceptors (Lipinski definition) is 15. The van der Waals surface area contributed by atoms with Gasteiger partial charge in [0.2, 0.25) is 17.7 Å². The van der Waals surface area contributed by atoms with Crippen molar-refractivity contribution in [2.75, 3.05) is 26.2 Å². The summed E-state index contributed by atoms with van der Waals surface area (Å²) in [5.74, 6) is -1.10. The van der Waals surface area contributed by atoms with Gasteiger partial charge in [-0.15, -0.1) is 0 Å². The van der Waals surface area contributed by atoms with Crippen molar-refractivity contribution in [3.05, 3.63) is 0 Å². The van der Waals surface area contributed by atoms with E-state index in [1.54, 1.807) is 0 Å². The van der Waals surface area contributed by atoms with Crippen LogP contribution in [-0.2, 0) is 23.9 Å². The highest BCUT2D eigenvalue weighted by atomic mass is 16.6. The summed E-state index contributed by atoms with van der Waals surface area (Å²) < 4.78 is 10.5. The molecule has 3 aliphatic heterocycles. The Morgan fingerprint density at radius 3 is 2.41 bits per heavy atom. The zero-order valence-corrected chi connectivity index (χ0v) is 24.4. The molecule has 0 aliphatic carbocycles. The van der Waals surface area contributed by atoms with Crippen LogP contribution in [0.2, 0.25) is 0 Å². The summed E-state index contributed by atoms with van der Waals surface area (Å²) in [4.78, 5) is 52.5. The highest BCUT2D eigenvalue weighted by molar-refractivity contribution is 5.92. The third-order valence-corrected chi connectivity index (χ3v) is 7.57. The lowest BCUT2D eigenvalue weighted by atomic mass is 9.95. The van der Waals surface area contributed by atoms with Crippen LogP contribution in [0.3, 0.4) is 0 Å². The SMILES string of the molecule is NCCC[C@H](N)CC(=O)NCCC[C@H](N)CC(=O)NC1C(NC2=N[C@@H]3C(=O)NC[C@@H](O)[C@H]3N2)OC(COC(N)=O)C(O)C1O. The fourth-order valence-corrected chi connectivity index (χ4v) is 5.19. The number of carbonyl (C=O) groups excluding carboxylic acids is 4. The summed E-state index contributed by atoms with van der Waals surface area (Å²) in [6, 6.07) is -3.75. The van der Waals surface area contributed by atoms with E-state index in [-0.39, 0.29) is 37.3 Å². The van der Waals surface area contributed by atoms with E-state index < -0.39 is 79.3 Å². The molecule has 19 nitrogen and oxygen atoms in total. The molecule has 5 unspecified atom stereocenters. The molecule has 44 heavy (non-hydrogen) atoms. The van der Waals surface area contributed by atoms with Gasteiger partial charge in [0.15, 0.2) is 18.2 Å². The number of fused-ring (bicyclic) bond motifs is 1. The van der Waals surface area contributed by atoms with Gasteiger partial charge in [-0.3, -0.25) is 14.4 Å². The summed E-state index contributed by atoms with van der Waals surface area (Å²) in [6.07, 6.45) is -5.38. The molecule has 3 aliphatic rings. The van der Waals surface area contributed by atoms with Crippen molar-refractivity contribution in [3.8, 4) is 0 Å². The van der Waals surface area contributed by atoms with Gasteiger partial charge in [-0.25, -0.2) is 9.79 Å². The number of aliphatic hydroxyl groups is 3. The van der Waals surface area contributed by atoms with E-state index in [9.17, 15) is 34.5 Å². The minimum atomic E-state index is -1.60. The van der Waals surface area contributed by atoms with Crippen LogP contribution in [-0.4, -0.2) is 132 Å². The average molecular weight is 631 g/mol. The van der Waals surface area contributed by atoms with Crippen molar-refractivity contribution in [1.29, 1.82) is 0 Å². The summed E-state index contributed by atoms with van der Waals surface area (Å²) in [6.45, 7) is 0.390. The number of piperidine rings is 1. The van der Waals surface area contributed by atoms with Gasteiger partial charge in [-0.1, -0.05) is 0 Å². The van der Waals surface area contributed by atoms with Crippen molar-refractivity contribution in [3.63, 3.8) is 0 Å². The zero-order valence-electron chi connectivity index (χ0n) is 24.4. The van der Waals surface area contributed by atoms with Gasteiger partial charge in [-0.2, -0.15) is 0 Å². The van der Waals surface area contributed by atoms with Gasteiger partial charge in [0.1, 0.15) is 31.0 Å². The van der Waals surface area contributed by atoms with Crippen molar-refractivity contribution in [2.45, 2.75) is 99.4 Å². The first-order valence-electron chi connectivity index (χ1n) is 14.7. The predicted molar refractivity (Wildman–Crippen MR) is 154 cm³/mol. The Balaban J connectivity index is 1.55. The van der Waals surface area contributed by atoms with Crippen LogP contribution >= 0.6 is 0 Å². The maximum absolute atomic E-state index is 12.9. The van der Waals surface area contributed by atoms with Gasteiger partial charge in [0.05, 0.1) is 12.1 Å². The Morgan fingerprint density at radius 2 is 1.75 bits per heavy atom. The van der Waals surface area contributed by atoms with E-state index in [1.165, 1.54) is 0 Å². The fraction of sp³-hybridized carbons (Fsp3) is 0.800. The van der Waals surface area contributed by atoms with Crippen LogP contribution in [0.5, 0.6) is 0 Å². The lowest BCUT2D eigenvalue weighted by Crippen LogP contribution is -2.69. The third kappa shape index (κ3) is 10.1. The second-order valence-electron chi connectivity index (χ2n) is 11.2. The van der Waals surface area contributed by atoms with E-state index in [0.29, 0.717) is 32.4 Å². The first kappa shape index (κ1) is 35.2. The fourth-order valence-electron chi connectivity index (χ4n) is 5.19. The van der Waals surface area contributed by atoms with E-state index >= 15 is 0 Å². The largest absolute Gasteiger partial charge is 0.447 e. The molecular formula is C25H46N10O9. The van der Waals surface area contributed by atoms with Crippen LogP contribution in [0.15, 0.2) is 4.99 Å². The number of aliphatic hydroxyl groups excluding tert-OH is 3. The average Bonchev–Trinajstić information content (AvgIpc) is 3.40. The Morgan fingerprint density at radius 1 is 1.07 bits per heavy atom. The molecule has 0 bridgehead atoms. The number of carbonyl (C=O) groups is 4. The summed E-state index contributed by atoms with van der Waals surface area (Å²) in [7, 11) is 0. The maximum atomic E-state index is 12.9. The number of β-amino-alcohol motifs (C(OH)–C–C–N with tert-alkyl or cyclic N) is 1. The van der Waals surface area contributed by atoms with Gasteiger partial charge in [0, 0.05) is 38.0 Å².